The Hall–Kier alpha value is -0.441. The molecular weight excluding hydrogens is 275 g/mol. The van der Waals surface area contributed by atoms with Crippen LogP contribution in [0.15, 0.2) is 35.2 Å². The molecule has 0 aliphatic carbocycles. The van der Waals surface area contributed by atoms with E-state index in [0.29, 0.717) is 21.4 Å². The molecule has 1 aromatic rings. The second kappa shape index (κ2) is 7.80. The van der Waals surface area contributed by atoms with Gasteiger partial charge in [0.05, 0.1) is 0 Å². The molecule has 0 atom stereocenters. The Morgan fingerprint density at radius 2 is 2.13 bits per heavy atom. The molecule has 0 amide bonds. The van der Waals surface area contributed by atoms with Crippen molar-refractivity contribution >= 4 is 32.7 Å². The van der Waals surface area contributed by atoms with E-state index in [4.69, 9.17) is 0 Å². The van der Waals surface area contributed by atoms with Crippen molar-refractivity contribution in [2.75, 3.05) is 11.8 Å². The van der Waals surface area contributed by atoms with Gasteiger partial charge in [-0.2, -0.15) is 0 Å². The first kappa shape index (κ1) is 12.6. The van der Waals surface area contributed by atoms with Gasteiger partial charge >= 0.3 is 101 Å². The first-order chi connectivity index (χ1) is 7.33. The van der Waals surface area contributed by atoms with E-state index in [9.17, 15) is 4.79 Å². The number of benzene rings is 1. The van der Waals surface area contributed by atoms with Crippen molar-refractivity contribution in [2.24, 2.45) is 0 Å². The zero-order valence-corrected chi connectivity index (χ0v) is 11.2. The molecule has 1 rings (SSSR count). The molecule has 0 aromatic heterocycles. The normalized spacial score (nSPS) is 9.93. The molecule has 82 valence electrons. The van der Waals surface area contributed by atoms with E-state index in [0.717, 1.165) is 9.97 Å². The van der Waals surface area contributed by atoms with Crippen LogP contribution in [0, 0.1) is 0 Å². The van der Waals surface area contributed by atoms with Crippen LogP contribution in [0.4, 0.5) is 0 Å². The molecule has 0 unspecified atom stereocenters. The standard InChI is InChI=1S/C11H14O2SSe/c1-13-11(12)7-8-15-9-14-10-5-3-2-4-6-10/h2-6H,7-9H2,1H3. The van der Waals surface area contributed by atoms with Crippen molar-refractivity contribution in [3.8, 4) is 0 Å². The maximum atomic E-state index is 10.8. The van der Waals surface area contributed by atoms with Gasteiger partial charge in [0.25, 0.3) is 0 Å². The molecular formula is C11H14O2SSe. The third-order valence-corrected chi connectivity index (χ3v) is 5.45. The van der Waals surface area contributed by atoms with Gasteiger partial charge in [-0.15, -0.1) is 0 Å². The molecule has 4 heteroatoms. The Labute approximate surface area is 101 Å². The molecule has 0 aliphatic heterocycles. The topological polar surface area (TPSA) is 26.3 Å². The molecule has 1 aromatic carbocycles. The first-order valence-corrected chi connectivity index (χ1v) is 8.06. The average Bonchev–Trinajstić information content (AvgIpc) is 2.29. The third kappa shape index (κ3) is 5.88. The van der Waals surface area contributed by atoms with E-state index in [1.807, 2.05) is 30.0 Å². The first-order valence-electron chi connectivity index (χ1n) is 4.65. The van der Waals surface area contributed by atoms with Gasteiger partial charge in [-0.1, -0.05) is 0 Å². The molecule has 0 saturated carbocycles. The van der Waals surface area contributed by atoms with Crippen LogP contribution in [0.2, 0.25) is 5.32 Å². The predicted octanol–water partition coefficient (Wildman–Crippen LogP) is 2.42. The van der Waals surface area contributed by atoms with Gasteiger partial charge in [-0.25, -0.2) is 0 Å². The van der Waals surface area contributed by atoms with Gasteiger partial charge in [0.1, 0.15) is 0 Å². The van der Waals surface area contributed by atoms with E-state index in [1.54, 1.807) is 0 Å². The molecule has 0 N–H and O–H groups in total. The van der Waals surface area contributed by atoms with Crippen molar-refractivity contribution in [1.29, 1.82) is 0 Å². The SMILES string of the molecule is COC(=O)CC[Se]CSc1ccccc1. The number of thioether (sulfide) groups is 1. The molecule has 0 saturated heterocycles. The fourth-order valence-electron chi connectivity index (χ4n) is 0.943. The van der Waals surface area contributed by atoms with Crippen LogP contribution in [-0.4, -0.2) is 32.7 Å². The summed E-state index contributed by atoms with van der Waals surface area (Å²) in [6.45, 7) is 0. The summed E-state index contributed by atoms with van der Waals surface area (Å²) in [4.78, 5) is 12.1. The van der Waals surface area contributed by atoms with Gasteiger partial charge in [0.2, 0.25) is 0 Å². The Kier molecular flexibility index (Phi) is 6.57. The van der Waals surface area contributed by atoms with Crippen LogP contribution in [0.5, 0.6) is 0 Å². The number of hydrogen-bond acceptors (Lipinski definition) is 3. The fourth-order valence-corrected chi connectivity index (χ4v) is 4.41. The van der Waals surface area contributed by atoms with Crippen LogP contribution in [0.25, 0.3) is 0 Å². The van der Waals surface area contributed by atoms with E-state index in [-0.39, 0.29) is 5.97 Å². The van der Waals surface area contributed by atoms with Crippen molar-refractivity contribution in [1.82, 2.24) is 0 Å². The predicted molar refractivity (Wildman–Crippen MR) is 64.4 cm³/mol. The van der Waals surface area contributed by atoms with Gasteiger partial charge in [-0.05, 0) is 0 Å². The van der Waals surface area contributed by atoms with Gasteiger partial charge in [0.15, 0.2) is 0 Å². The molecule has 0 fully saturated rings. The summed E-state index contributed by atoms with van der Waals surface area (Å²) < 4.78 is 5.70. The molecule has 0 aliphatic rings. The van der Waals surface area contributed by atoms with Crippen molar-refractivity contribution in [3.05, 3.63) is 30.3 Å². The quantitative estimate of drug-likeness (QED) is 0.348. The zero-order valence-electron chi connectivity index (χ0n) is 8.64. The molecule has 15 heavy (non-hydrogen) atoms. The Balaban J connectivity index is 2.05. The van der Waals surface area contributed by atoms with Gasteiger partial charge in [0, 0.05) is 0 Å². The monoisotopic (exact) mass is 290 g/mol. The number of ether oxygens (including phenoxy) is 1. The average molecular weight is 289 g/mol. The summed E-state index contributed by atoms with van der Waals surface area (Å²) in [7, 11) is 1.44. The van der Waals surface area contributed by atoms with Crippen molar-refractivity contribution in [3.63, 3.8) is 0 Å². The molecule has 0 radical (unpaired) electrons. The second-order valence-corrected chi connectivity index (χ2v) is 7.00. The van der Waals surface area contributed by atoms with E-state index in [1.165, 1.54) is 12.0 Å². The summed E-state index contributed by atoms with van der Waals surface area (Å²) in [5.74, 6) is -0.0958. The Morgan fingerprint density at radius 3 is 2.80 bits per heavy atom. The van der Waals surface area contributed by atoms with Crippen LogP contribution in [0.1, 0.15) is 6.42 Å². The number of carbonyl (C=O) groups is 1. The summed E-state index contributed by atoms with van der Waals surface area (Å²) >= 11 is 2.38. The van der Waals surface area contributed by atoms with E-state index < -0.39 is 0 Å². The van der Waals surface area contributed by atoms with Gasteiger partial charge < -0.3 is 0 Å². The zero-order chi connectivity index (χ0) is 10.9. The summed E-state index contributed by atoms with van der Waals surface area (Å²) in [5.41, 5.74) is 0. The van der Waals surface area contributed by atoms with Crippen LogP contribution < -0.4 is 0 Å². The number of rotatable bonds is 6. The van der Waals surface area contributed by atoms with Crippen LogP contribution in [-0.2, 0) is 9.53 Å². The minimum atomic E-state index is -0.0958. The van der Waals surface area contributed by atoms with Crippen LogP contribution in [0.3, 0.4) is 0 Å². The van der Waals surface area contributed by atoms with E-state index >= 15 is 0 Å². The third-order valence-electron chi connectivity index (χ3n) is 1.73. The molecule has 0 heterocycles. The fraction of sp³-hybridized carbons (Fsp3) is 0.364. The van der Waals surface area contributed by atoms with Crippen molar-refractivity contribution in [2.45, 2.75) is 16.6 Å². The maximum absolute atomic E-state index is 10.8. The number of hydrogen-bond donors (Lipinski definition) is 0. The van der Waals surface area contributed by atoms with Crippen molar-refractivity contribution < 1.29 is 9.53 Å². The number of methoxy groups -OCH3 is 1. The molecule has 2 nitrogen and oxygen atoms in total. The summed E-state index contributed by atoms with van der Waals surface area (Å²) in [6, 6.07) is 10.3. The molecule has 0 spiro atoms. The number of esters is 1. The Bertz CT molecular complexity index is 290. The van der Waals surface area contributed by atoms with Crippen LogP contribution >= 0.6 is 11.8 Å². The summed E-state index contributed by atoms with van der Waals surface area (Å²) in [5, 5.41) is 0.972. The Morgan fingerprint density at radius 1 is 1.40 bits per heavy atom. The summed E-state index contributed by atoms with van der Waals surface area (Å²) in [6.07, 6.45) is 0.561. The molecule has 0 bridgehead atoms. The van der Waals surface area contributed by atoms with Gasteiger partial charge in [-0.3, -0.25) is 0 Å². The minimum absolute atomic E-state index is 0.0958. The second-order valence-electron chi connectivity index (χ2n) is 2.81. The van der Waals surface area contributed by atoms with E-state index in [2.05, 4.69) is 16.9 Å². The number of carbonyl (C=O) groups excluding carboxylic acids is 1.